The number of pyridine rings is 2. The Labute approximate surface area is 214 Å². The number of alkyl halides is 3. The van der Waals surface area contributed by atoms with Gasteiger partial charge < -0.3 is 10.5 Å². The third-order valence-corrected chi connectivity index (χ3v) is 5.94. The number of benzene rings is 2. The van der Waals surface area contributed by atoms with Crippen molar-refractivity contribution in [2.75, 3.05) is 6.61 Å². The Bertz CT molecular complexity index is 1580. The van der Waals surface area contributed by atoms with E-state index in [1.54, 1.807) is 12.3 Å². The van der Waals surface area contributed by atoms with E-state index < -0.39 is 18.8 Å². The first-order valence-electron chi connectivity index (χ1n) is 11.6. The number of halogens is 3. The predicted octanol–water partition coefficient (Wildman–Crippen LogP) is 4.86. The summed E-state index contributed by atoms with van der Waals surface area (Å²) in [7, 11) is 0. The average molecular weight is 518 g/mol. The number of H-pyrrole nitrogens is 1. The van der Waals surface area contributed by atoms with Crippen LogP contribution in [0.25, 0.3) is 44.7 Å². The van der Waals surface area contributed by atoms with E-state index in [4.69, 9.17) is 10.7 Å². The van der Waals surface area contributed by atoms with Crippen LogP contribution in [0.3, 0.4) is 0 Å². The maximum Gasteiger partial charge on any atom is 0.490 e. The molecule has 0 saturated heterocycles. The van der Waals surface area contributed by atoms with E-state index in [2.05, 4.69) is 25.1 Å². The number of fused-ring (bicyclic) bond motifs is 1. The summed E-state index contributed by atoms with van der Waals surface area (Å²) in [6.07, 6.45) is -3.57. The topological polar surface area (TPSA) is 120 Å². The highest BCUT2D eigenvalue weighted by molar-refractivity contribution is 5.98. The van der Waals surface area contributed by atoms with Gasteiger partial charge in [-0.1, -0.05) is 54.6 Å². The molecule has 0 bridgehead atoms. The van der Waals surface area contributed by atoms with E-state index in [-0.39, 0.29) is 6.42 Å². The molecule has 38 heavy (non-hydrogen) atoms. The van der Waals surface area contributed by atoms with Crippen LogP contribution in [0.2, 0.25) is 0 Å². The molecule has 0 radical (unpaired) electrons. The number of nitrogens with one attached hydrogen (secondary N) is 1. The third-order valence-electron chi connectivity index (χ3n) is 5.94. The molecule has 11 heteroatoms. The molecule has 0 saturated carbocycles. The molecule has 3 heterocycles. The smallest absolute Gasteiger partial charge is 0.459 e. The highest BCUT2D eigenvalue weighted by atomic mass is 19.4. The molecular formula is C27H21F3N6O2. The van der Waals surface area contributed by atoms with E-state index in [0.717, 1.165) is 27.9 Å². The summed E-state index contributed by atoms with van der Waals surface area (Å²) in [6.45, 7) is -0.0828. The van der Waals surface area contributed by atoms with Gasteiger partial charge in [0.1, 0.15) is 11.4 Å². The standard InChI is InChI=1S/C27H21F3N6O2/c28-27(29,30)26(37)38-13-11-22-25(35-36-34-22)24-20-14-19(17-4-2-1-3-5-17)23(33-21(20)10-12-32-24)18-8-6-16(15-31)7-9-18/h1-10,12,14H,11,13,15,31H2,(H,34,35,36). The lowest BCUT2D eigenvalue weighted by Gasteiger charge is -2.13. The van der Waals surface area contributed by atoms with Gasteiger partial charge in [-0.2, -0.15) is 28.6 Å². The summed E-state index contributed by atoms with van der Waals surface area (Å²) < 4.78 is 41.8. The van der Waals surface area contributed by atoms with E-state index >= 15 is 0 Å². The zero-order chi connectivity index (χ0) is 26.7. The van der Waals surface area contributed by atoms with Gasteiger partial charge in [-0.15, -0.1) is 0 Å². The largest absolute Gasteiger partial charge is 0.490 e. The Morgan fingerprint density at radius 3 is 2.39 bits per heavy atom. The van der Waals surface area contributed by atoms with Gasteiger partial charge in [0.2, 0.25) is 0 Å². The Kier molecular flexibility index (Phi) is 6.84. The Hall–Kier alpha value is -4.64. The number of nitrogens with zero attached hydrogens (tertiary/aromatic N) is 4. The summed E-state index contributed by atoms with van der Waals surface area (Å²) in [4.78, 5) is 20.5. The van der Waals surface area contributed by atoms with Crippen LogP contribution in [0.15, 0.2) is 72.9 Å². The molecule has 5 aromatic rings. The van der Waals surface area contributed by atoms with Crippen molar-refractivity contribution in [3.8, 4) is 33.8 Å². The van der Waals surface area contributed by atoms with E-state index in [0.29, 0.717) is 34.5 Å². The van der Waals surface area contributed by atoms with Crippen LogP contribution in [-0.2, 0) is 22.5 Å². The molecule has 0 unspecified atom stereocenters. The summed E-state index contributed by atoms with van der Waals surface area (Å²) in [6, 6.07) is 21.4. The Balaban J connectivity index is 1.58. The molecule has 0 amide bonds. The van der Waals surface area contributed by atoms with Crippen LogP contribution in [-0.4, -0.2) is 44.1 Å². The fourth-order valence-corrected chi connectivity index (χ4v) is 4.08. The lowest BCUT2D eigenvalue weighted by molar-refractivity contribution is -0.199. The van der Waals surface area contributed by atoms with Gasteiger partial charge in [-0.25, -0.2) is 9.78 Å². The molecule has 8 nitrogen and oxygen atoms in total. The van der Waals surface area contributed by atoms with Crippen molar-refractivity contribution in [3.63, 3.8) is 0 Å². The van der Waals surface area contributed by atoms with Crippen molar-refractivity contribution in [3.05, 3.63) is 84.2 Å². The van der Waals surface area contributed by atoms with Gasteiger partial charge in [-0.3, -0.25) is 4.98 Å². The number of aromatic nitrogens is 5. The lowest BCUT2D eigenvalue weighted by atomic mass is 9.96. The van der Waals surface area contributed by atoms with Crippen molar-refractivity contribution in [1.29, 1.82) is 0 Å². The van der Waals surface area contributed by atoms with Gasteiger partial charge in [-0.05, 0) is 23.3 Å². The van der Waals surface area contributed by atoms with Gasteiger partial charge in [0.25, 0.3) is 0 Å². The highest BCUT2D eigenvalue weighted by Gasteiger charge is 2.40. The number of carbonyl (C=O) groups is 1. The summed E-state index contributed by atoms with van der Waals surface area (Å²) in [5.41, 5.74) is 12.0. The maximum atomic E-state index is 12.5. The summed E-state index contributed by atoms with van der Waals surface area (Å²) in [5.74, 6) is -2.26. The van der Waals surface area contributed by atoms with Gasteiger partial charge in [0.15, 0.2) is 0 Å². The first-order chi connectivity index (χ1) is 18.3. The number of nitrogens with two attached hydrogens (primary N) is 1. The van der Waals surface area contributed by atoms with E-state index in [1.807, 2.05) is 60.7 Å². The molecule has 3 N–H and O–H groups in total. The molecule has 0 aliphatic rings. The van der Waals surface area contributed by atoms with Crippen LogP contribution >= 0.6 is 0 Å². The number of ether oxygens (including phenoxy) is 1. The van der Waals surface area contributed by atoms with Crippen LogP contribution < -0.4 is 5.73 Å². The third kappa shape index (κ3) is 5.09. The first kappa shape index (κ1) is 25.0. The van der Waals surface area contributed by atoms with Crippen molar-refractivity contribution < 1.29 is 22.7 Å². The SMILES string of the molecule is NCc1ccc(-c2nc3ccnc(-c4n[nH]nc4CCOC(=O)C(F)(F)F)c3cc2-c2ccccc2)cc1. The van der Waals surface area contributed by atoms with Crippen LogP contribution in [0.1, 0.15) is 11.3 Å². The van der Waals surface area contributed by atoms with Crippen molar-refractivity contribution >= 4 is 16.9 Å². The second-order valence-electron chi connectivity index (χ2n) is 8.38. The molecule has 0 spiro atoms. The number of aromatic amines is 1. The van der Waals surface area contributed by atoms with Gasteiger partial charge in [0, 0.05) is 35.7 Å². The van der Waals surface area contributed by atoms with Crippen molar-refractivity contribution in [1.82, 2.24) is 25.4 Å². The number of hydrogen-bond donors (Lipinski definition) is 2. The molecule has 5 rings (SSSR count). The van der Waals surface area contributed by atoms with Crippen LogP contribution in [0, 0.1) is 0 Å². The minimum atomic E-state index is -5.06. The summed E-state index contributed by atoms with van der Waals surface area (Å²) in [5, 5.41) is 11.4. The number of rotatable bonds is 7. The van der Waals surface area contributed by atoms with Crippen molar-refractivity contribution in [2.24, 2.45) is 5.73 Å². The minimum absolute atomic E-state index is 0.0870. The number of carbonyl (C=O) groups excluding carboxylic acids is 1. The second kappa shape index (κ2) is 10.4. The number of esters is 1. The van der Waals surface area contributed by atoms with Gasteiger partial charge >= 0.3 is 12.1 Å². The van der Waals surface area contributed by atoms with Crippen molar-refractivity contribution in [2.45, 2.75) is 19.1 Å². The molecule has 0 atom stereocenters. The molecule has 0 aliphatic carbocycles. The Morgan fingerprint density at radius 1 is 0.921 bits per heavy atom. The summed E-state index contributed by atoms with van der Waals surface area (Å²) >= 11 is 0. The fraction of sp³-hybridized carbons (Fsp3) is 0.148. The second-order valence-corrected chi connectivity index (χ2v) is 8.38. The minimum Gasteiger partial charge on any atom is -0.459 e. The van der Waals surface area contributed by atoms with Crippen LogP contribution in [0.5, 0.6) is 0 Å². The van der Waals surface area contributed by atoms with Crippen LogP contribution in [0.4, 0.5) is 13.2 Å². The zero-order valence-corrected chi connectivity index (χ0v) is 19.9. The highest BCUT2D eigenvalue weighted by Crippen LogP contribution is 2.36. The van der Waals surface area contributed by atoms with E-state index in [9.17, 15) is 18.0 Å². The molecule has 3 aromatic heterocycles. The predicted molar refractivity (Wildman–Crippen MR) is 134 cm³/mol. The monoisotopic (exact) mass is 518 g/mol. The zero-order valence-electron chi connectivity index (χ0n) is 19.9. The quantitative estimate of drug-likeness (QED) is 0.296. The molecule has 0 fully saturated rings. The maximum absolute atomic E-state index is 12.5. The van der Waals surface area contributed by atoms with E-state index in [1.165, 1.54) is 0 Å². The lowest BCUT2D eigenvalue weighted by Crippen LogP contribution is -2.26. The average Bonchev–Trinajstić information content (AvgIpc) is 3.40. The molecule has 192 valence electrons. The molecular weight excluding hydrogens is 497 g/mol. The Morgan fingerprint density at radius 2 is 1.68 bits per heavy atom. The fourth-order valence-electron chi connectivity index (χ4n) is 4.08. The molecule has 0 aliphatic heterocycles. The first-order valence-corrected chi connectivity index (χ1v) is 11.6. The van der Waals surface area contributed by atoms with Gasteiger partial charge in [0.05, 0.1) is 23.5 Å². The normalized spacial score (nSPS) is 11.6. The molecule has 2 aromatic carbocycles. The number of hydrogen-bond acceptors (Lipinski definition) is 7.